The molecule has 0 aromatic rings. The molecule has 0 saturated carbocycles. The van der Waals surface area contributed by atoms with Crippen LogP contribution in [-0.4, -0.2) is 34.9 Å². The minimum Gasteiger partial charge on any atom is -0.480 e. The number of carbonyl (C=O) groups is 2. The number of unbranched alkanes of at least 4 members (excludes halogenated alkanes) is 8. The first-order valence-electron chi connectivity index (χ1n) is 9.48. The van der Waals surface area contributed by atoms with Gasteiger partial charge in [0, 0.05) is 13.0 Å². The van der Waals surface area contributed by atoms with Crippen LogP contribution in [0.5, 0.6) is 0 Å². The molecule has 154 valence electrons. The molecule has 1 unspecified atom stereocenters. The molecule has 1 atom stereocenters. The summed E-state index contributed by atoms with van der Waals surface area (Å²) in [6.45, 7) is 2.53. The van der Waals surface area contributed by atoms with Crippen LogP contribution in [0.2, 0.25) is 0 Å². The predicted molar refractivity (Wildman–Crippen MR) is 108 cm³/mol. The number of carboxylic acid groups (broad SMARTS) is 1. The van der Waals surface area contributed by atoms with Crippen molar-refractivity contribution in [2.45, 2.75) is 89.5 Å². The lowest BCUT2D eigenvalue weighted by atomic mass is 9.87. The van der Waals surface area contributed by atoms with Crippen molar-refractivity contribution in [2.75, 3.05) is 6.54 Å². The Bertz CT molecular complexity index is 421. The van der Waals surface area contributed by atoms with Crippen molar-refractivity contribution in [3.05, 3.63) is 0 Å². The fourth-order valence-electron chi connectivity index (χ4n) is 2.78. The summed E-state index contributed by atoms with van der Waals surface area (Å²) in [4.78, 5) is 23.7. The zero-order chi connectivity index (χ0) is 19.1. The van der Waals surface area contributed by atoms with E-state index in [1.165, 1.54) is 38.5 Å². The Labute approximate surface area is 163 Å². The first-order chi connectivity index (χ1) is 11.8. The van der Waals surface area contributed by atoms with E-state index in [0.717, 1.165) is 12.8 Å². The lowest BCUT2D eigenvalue weighted by Gasteiger charge is -2.23. The topological polar surface area (TPSA) is 142 Å². The number of nitrogens with two attached hydrogens (primary N) is 2. The molecule has 0 spiro atoms. The highest BCUT2D eigenvalue weighted by Gasteiger charge is 2.40. The van der Waals surface area contributed by atoms with Gasteiger partial charge in [0.05, 0.1) is 0 Å². The molecular formula is C18H37ClN4O3. The number of halogens is 1. The second-order valence-corrected chi connectivity index (χ2v) is 6.72. The number of guanidine groups is 1. The molecule has 0 aromatic heterocycles. The molecule has 0 radical (unpaired) electrons. The summed E-state index contributed by atoms with van der Waals surface area (Å²) in [5.41, 5.74) is 9.17. The van der Waals surface area contributed by atoms with Gasteiger partial charge in [-0.15, -0.1) is 12.4 Å². The summed E-state index contributed by atoms with van der Waals surface area (Å²) in [7, 11) is 0. The second kappa shape index (κ2) is 15.9. The van der Waals surface area contributed by atoms with Gasteiger partial charge in [-0.2, -0.15) is 0 Å². The van der Waals surface area contributed by atoms with Gasteiger partial charge in [0.25, 0.3) is 0 Å². The molecule has 0 aliphatic rings. The van der Waals surface area contributed by atoms with E-state index in [1.807, 2.05) is 0 Å². The van der Waals surface area contributed by atoms with Gasteiger partial charge in [0.15, 0.2) is 17.3 Å². The highest BCUT2D eigenvalue weighted by Crippen LogP contribution is 2.17. The fraction of sp³-hybridized carbons (Fsp3) is 0.833. The van der Waals surface area contributed by atoms with Crippen LogP contribution in [0, 0.1) is 5.41 Å². The molecule has 7 N–H and O–H groups in total. The van der Waals surface area contributed by atoms with Crippen molar-refractivity contribution in [1.29, 1.82) is 5.41 Å². The smallest absolute Gasteiger partial charge is 0.331 e. The largest absolute Gasteiger partial charge is 0.480 e. The third-order valence-corrected chi connectivity index (χ3v) is 4.45. The van der Waals surface area contributed by atoms with Gasteiger partial charge in [0.1, 0.15) is 0 Å². The van der Waals surface area contributed by atoms with Crippen molar-refractivity contribution >= 4 is 30.1 Å². The zero-order valence-electron chi connectivity index (χ0n) is 16.0. The number of hydrogen-bond acceptors (Lipinski definition) is 4. The van der Waals surface area contributed by atoms with Crippen molar-refractivity contribution in [3.8, 4) is 0 Å². The molecular weight excluding hydrogens is 356 g/mol. The number of aliphatic carboxylic acids is 1. The predicted octanol–water partition coefficient (Wildman–Crippen LogP) is 2.94. The molecule has 0 amide bonds. The third kappa shape index (κ3) is 12.1. The summed E-state index contributed by atoms with van der Waals surface area (Å²) in [6.07, 6.45) is 10.8. The van der Waals surface area contributed by atoms with Gasteiger partial charge in [-0.05, 0) is 19.3 Å². The zero-order valence-corrected chi connectivity index (χ0v) is 16.8. The summed E-state index contributed by atoms with van der Waals surface area (Å²) in [6, 6.07) is 0. The van der Waals surface area contributed by atoms with Gasteiger partial charge in [-0.25, -0.2) is 4.79 Å². The van der Waals surface area contributed by atoms with E-state index in [4.69, 9.17) is 16.9 Å². The second-order valence-electron chi connectivity index (χ2n) is 6.72. The molecule has 7 nitrogen and oxygen atoms in total. The molecule has 0 heterocycles. The number of ketones is 1. The van der Waals surface area contributed by atoms with Gasteiger partial charge in [-0.3, -0.25) is 10.2 Å². The van der Waals surface area contributed by atoms with Crippen molar-refractivity contribution in [1.82, 2.24) is 5.32 Å². The number of Topliss-reactive ketones (excluding diaryl/α,β-unsaturated/α-hetero) is 1. The van der Waals surface area contributed by atoms with Gasteiger partial charge >= 0.3 is 5.97 Å². The quantitative estimate of drug-likeness (QED) is 0.118. The van der Waals surface area contributed by atoms with E-state index in [1.54, 1.807) is 0 Å². The van der Waals surface area contributed by atoms with E-state index in [9.17, 15) is 14.7 Å². The lowest BCUT2D eigenvalue weighted by molar-refractivity contribution is -0.148. The number of carboxylic acids is 1. The van der Waals surface area contributed by atoms with Crippen molar-refractivity contribution in [2.24, 2.45) is 11.5 Å². The van der Waals surface area contributed by atoms with E-state index in [-0.39, 0.29) is 31.2 Å². The Kier molecular flexibility index (Phi) is 16.4. The average molecular weight is 393 g/mol. The van der Waals surface area contributed by atoms with Crippen LogP contribution in [0.1, 0.15) is 84.0 Å². The molecule has 0 saturated heterocycles. The van der Waals surface area contributed by atoms with Crippen LogP contribution < -0.4 is 16.8 Å². The maximum Gasteiger partial charge on any atom is 0.331 e. The maximum absolute atomic E-state index is 12.2. The minimum atomic E-state index is -1.83. The first-order valence-corrected chi connectivity index (χ1v) is 9.48. The van der Waals surface area contributed by atoms with Gasteiger partial charge in [-0.1, -0.05) is 58.3 Å². The van der Waals surface area contributed by atoms with Crippen LogP contribution in [-0.2, 0) is 9.59 Å². The van der Waals surface area contributed by atoms with Crippen LogP contribution >= 0.6 is 12.4 Å². The average Bonchev–Trinajstić information content (AvgIpc) is 2.56. The van der Waals surface area contributed by atoms with E-state index >= 15 is 0 Å². The molecule has 0 fully saturated rings. The first kappa shape index (κ1) is 26.9. The Hall–Kier alpha value is -1.34. The number of carbonyl (C=O) groups excluding carboxylic acids is 1. The lowest BCUT2D eigenvalue weighted by Crippen LogP contribution is -2.55. The van der Waals surface area contributed by atoms with Crippen LogP contribution in [0.3, 0.4) is 0 Å². The van der Waals surface area contributed by atoms with Crippen molar-refractivity contribution in [3.63, 3.8) is 0 Å². The Balaban J connectivity index is 0. The molecule has 0 bridgehead atoms. The summed E-state index contributed by atoms with van der Waals surface area (Å²) >= 11 is 0. The molecule has 0 aliphatic heterocycles. The SMILES string of the molecule is CCCCCCCCCCCC(=O)C(N)(CCCNC(=N)N)C(=O)O.Cl. The number of rotatable bonds is 16. The molecule has 0 rings (SSSR count). The van der Waals surface area contributed by atoms with E-state index in [0.29, 0.717) is 19.4 Å². The van der Waals surface area contributed by atoms with Crippen LogP contribution in [0.25, 0.3) is 0 Å². The summed E-state index contributed by atoms with van der Waals surface area (Å²) in [5, 5.41) is 18.9. The van der Waals surface area contributed by atoms with E-state index < -0.39 is 17.3 Å². The maximum atomic E-state index is 12.2. The minimum absolute atomic E-state index is 0. The highest BCUT2D eigenvalue weighted by atomic mass is 35.5. The molecule has 0 aliphatic carbocycles. The standard InChI is InChI=1S/C18H36N4O3.ClH/c1-2-3-4-5-6-7-8-9-10-12-15(23)18(21,16(24)25)13-11-14-22-17(19)20;/h2-14,21H2,1H3,(H,24,25)(H4,19,20,22);1H. The Morgan fingerprint density at radius 1 is 1.00 bits per heavy atom. The van der Waals surface area contributed by atoms with Crippen molar-refractivity contribution < 1.29 is 14.7 Å². The molecule has 26 heavy (non-hydrogen) atoms. The highest BCUT2D eigenvalue weighted by molar-refractivity contribution is 6.07. The fourth-order valence-corrected chi connectivity index (χ4v) is 2.78. The van der Waals surface area contributed by atoms with Crippen LogP contribution in [0.15, 0.2) is 0 Å². The Morgan fingerprint density at radius 3 is 1.96 bits per heavy atom. The monoisotopic (exact) mass is 392 g/mol. The summed E-state index contributed by atoms with van der Waals surface area (Å²) in [5.74, 6) is -1.87. The summed E-state index contributed by atoms with van der Waals surface area (Å²) < 4.78 is 0. The Morgan fingerprint density at radius 2 is 1.50 bits per heavy atom. The number of nitrogens with one attached hydrogen (secondary N) is 2. The number of hydrogen-bond donors (Lipinski definition) is 5. The van der Waals surface area contributed by atoms with E-state index in [2.05, 4.69) is 12.2 Å². The third-order valence-electron chi connectivity index (χ3n) is 4.45. The normalized spacial score (nSPS) is 12.7. The van der Waals surface area contributed by atoms with Gasteiger partial charge in [0.2, 0.25) is 0 Å². The van der Waals surface area contributed by atoms with Crippen LogP contribution in [0.4, 0.5) is 0 Å². The van der Waals surface area contributed by atoms with Gasteiger partial charge < -0.3 is 21.9 Å². The molecule has 0 aromatic carbocycles. The molecule has 8 heteroatoms.